The highest BCUT2D eigenvalue weighted by Gasteiger charge is 2.23. The molecule has 6 nitrogen and oxygen atoms in total. The third-order valence-electron chi connectivity index (χ3n) is 3.98. The Bertz CT molecular complexity index is 772. The van der Waals surface area contributed by atoms with E-state index in [1.54, 1.807) is 12.1 Å². The van der Waals surface area contributed by atoms with Gasteiger partial charge in [0, 0.05) is 17.8 Å². The maximum Gasteiger partial charge on any atom is 0.276 e. The van der Waals surface area contributed by atoms with E-state index < -0.39 is 0 Å². The summed E-state index contributed by atoms with van der Waals surface area (Å²) in [5.74, 6) is -0.237. The maximum absolute atomic E-state index is 12.6. The normalized spacial score (nSPS) is 12.5. The van der Waals surface area contributed by atoms with Gasteiger partial charge in [-0.05, 0) is 43.9 Å². The van der Waals surface area contributed by atoms with Crippen LogP contribution in [0.4, 0.5) is 11.4 Å². The molecule has 0 atom stereocenters. The van der Waals surface area contributed by atoms with Crippen LogP contribution in [0.2, 0.25) is 0 Å². The zero-order valence-corrected chi connectivity index (χ0v) is 13.1. The van der Waals surface area contributed by atoms with Crippen LogP contribution >= 0.6 is 0 Å². The van der Waals surface area contributed by atoms with Gasteiger partial charge in [0.1, 0.15) is 0 Å². The van der Waals surface area contributed by atoms with Crippen molar-refractivity contribution >= 4 is 17.3 Å². The van der Waals surface area contributed by atoms with Crippen molar-refractivity contribution in [2.24, 2.45) is 0 Å². The van der Waals surface area contributed by atoms with Gasteiger partial charge < -0.3 is 10.6 Å². The van der Waals surface area contributed by atoms with Gasteiger partial charge in [-0.1, -0.05) is 6.92 Å². The Hall–Kier alpha value is -2.81. The number of nitrogens with zero attached hydrogens (tertiary/aromatic N) is 2. The molecule has 0 saturated carbocycles. The zero-order chi connectivity index (χ0) is 16.2. The minimum Gasteiger partial charge on any atom is -0.383 e. The van der Waals surface area contributed by atoms with Crippen molar-refractivity contribution in [1.29, 1.82) is 5.26 Å². The Morgan fingerprint density at radius 1 is 1.39 bits per heavy atom. The lowest BCUT2D eigenvalue weighted by atomic mass is 10.1. The number of amides is 1. The van der Waals surface area contributed by atoms with Gasteiger partial charge in [-0.25, -0.2) is 0 Å². The second-order valence-electron chi connectivity index (χ2n) is 5.64. The number of rotatable bonds is 5. The molecule has 0 bridgehead atoms. The smallest absolute Gasteiger partial charge is 0.276 e. The van der Waals surface area contributed by atoms with Gasteiger partial charge in [-0.2, -0.15) is 10.4 Å². The molecule has 0 radical (unpaired) electrons. The van der Waals surface area contributed by atoms with Crippen LogP contribution < -0.4 is 10.6 Å². The first kappa shape index (κ1) is 15.1. The molecule has 1 amide bonds. The van der Waals surface area contributed by atoms with E-state index in [1.807, 2.05) is 6.07 Å². The number of nitrogens with one attached hydrogen (secondary N) is 3. The first-order valence-electron chi connectivity index (χ1n) is 7.88. The minimum atomic E-state index is -0.237. The van der Waals surface area contributed by atoms with Gasteiger partial charge in [0.25, 0.3) is 5.91 Å². The molecule has 1 aromatic heterocycles. The van der Waals surface area contributed by atoms with Crippen LogP contribution in [0.15, 0.2) is 18.2 Å². The molecule has 23 heavy (non-hydrogen) atoms. The summed E-state index contributed by atoms with van der Waals surface area (Å²) < 4.78 is 0. The van der Waals surface area contributed by atoms with Crippen LogP contribution in [0.5, 0.6) is 0 Å². The molecule has 1 aromatic carbocycles. The molecule has 6 heteroatoms. The van der Waals surface area contributed by atoms with Crippen molar-refractivity contribution in [3.8, 4) is 6.07 Å². The van der Waals surface area contributed by atoms with Gasteiger partial charge in [0.05, 0.1) is 23.0 Å². The van der Waals surface area contributed by atoms with Crippen molar-refractivity contribution in [2.45, 2.75) is 32.6 Å². The molecule has 118 valence electrons. The fourth-order valence-electron chi connectivity index (χ4n) is 2.82. The van der Waals surface area contributed by atoms with Crippen LogP contribution in [0.1, 0.15) is 47.1 Å². The number of carbonyl (C=O) groups is 1. The van der Waals surface area contributed by atoms with Crippen LogP contribution in [0.25, 0.3) is 0 Å². The number of hydrogen-bond acceptors (Lipinski definition) is 4. The molecule has 1 aliphatic carbocycles. The van der Waals surface area contributed by atoms with Gasteiger partial charge >= 0.3 is 0 Å². The fourth-order valence-corrected chi connectivity index (χ4v) is 2.82. The van der Waals surface area contributed by atoms with Gasteiger partial charge in [-0.3, -0.25) is 9.89 Å². The Morgan fingerprint density at radius 3 is 3.04 bits per heavy atom. The summed E-state index contributed by atoms with van der Waals surface area (Å²) in [6, 6.07) is 7.34. The van der Waals surface area contributed by atoms with E-state index in [0.29, 0.717) is 16.9 Å². The van der Waals surface area contributed by atoms with Gasteiger partial charge in [-0.15, -0.1) is 0 Å². The zero-order valence-electron chi connectivity index (χ0n) is 13.1. The molecular formula is C17H19N5O. The molecule has 0 fully saturated rings. The molecule has 0 aliphatic heterocycles. The number of anilines is 2. The largest absolute Gasteiger partial charge is 0.383 e. The molecular weight excluding hydrogens is 290 g/mol. The second-order valence-corrected chi connectivity index (χ2v) is 5.64. The Balaban J connectivity index is 1.85. The highest BCUT2D eigenvalue weighted by Crippen LogP contribution is 2.26. The molecule has 3 N–H and O–H groups in total. The lowest BCUT2D eigenvalue weighted by molar-refractivity contribution is 0.102. The Morgan fingerprint density at radius 2 is 2.26 bits per heavy atom. The third kappa shape index (κ3) is 3.04. The van der Waals surface area contributed by atoms with Crippen LogP contribution in [0.3, 0.4) is 0 Å². The standard InChI is InChI=1S/C17H19N5O/c1-2-8-19-14-7-6-11(10-18)9-15(14)20-17(23)16-12-4-3-5-13(12)21-22-16/h6-7,9,19H,2-5,8H2,1H3,(H,20,23)(H,21,22). The first-order chi connectivity index (χ1) is 11.2. The van der Waals surface area contributed by atoms with E-state index >= 15 is 0 Å². The van der Waals surface area contributed by atoms with E-state index in [-0.39, 0.29) is 5.91 Å². The summed E-state index contributed by atoms with van der Waals surface area (Å²) in [5, 5.41) is 22.3. The predicted octanol–water partition coefficient (Wildman–Crippen LogP) is 2.84. The maximum atomic E-state index is 12.6. The van der Waals surface area contributed by atoms with Crippen molar-refractivity contribution in [1.82, 2.24) is 10.2 Å². The monoisotopic (exact) mass is 309 g/mol. The van der Waals surface area contributed by atoms with E-state index in [2.05, 4.69) is 33.8 Å². The topological polar surface area (TPSA) is 93.6 Å². The molecule has 1 aliphatic rings. The number of fused-ring (bicyclic) bond motifs is 1. The van der Waals surface area contributed by atoms with E-state index in [0.717, 1.165) is 49.2 Å². The van der Waals surface area contributed by atoms with Crippen LogP contribution in [-0.4, -0.2) is 22.6 Å². The molecule has 0 spiro atoms. The predicted molar refractivity (Wildman–Crippen MR) is 88.5 cm³/mol. The molecule has 0 unspecified atom stereocenters. The minimum absolute atomic E-state index is 0.237. The molecule has 2 aromatic rings. The highest BCUT2D eigenvalue weighted by atomic mass is 16.2. The Kier molecular flexibility index (Phi) is 4.29. The lowest BCUT2D eigenvalue weighted by Gasteiger charge is -2.13. The first-order valence-corrected chi connectivity index (χ1v) is 7.88. The van der Waals surface area contributed by atoms with Crippen molar-refractivity contribution in [2.75, 3.05) is 17.2 Å². The number of nitriles is 1. The van der Waals surface area contributed by atoms with Gasteiger partial charge in [0.15, 0.2) is 5.69 Å². The third-order valence-corrected chi connectivity index (χ3v) is 3.98. The summed E-state index contributed by atoms with van der Waals surface area (Å²) in [7, 11) is 0. The molecule has 3 rings (SSSR count). The summed E-state index contributed by atoms with van der Waals surface area (Å²) in [4.78, 5) is 12.6. The highest BCUT2D eigenvalue weighted by molar-refractivity contribution is 6.05. The molecule has 0 saturated heterocycles. The van der Waals surface area contributed by atoms with Crippen molar-refractivity contribution < 1.29 is 4.79 Å². The number of H-pyrrole nitrogens is 1. The molecule has 1 heterocycles. The average molecular weight is 309 g/mol. The van der Waals surface area contributed by atoms with Gasteiger partial charge in [0.2, 0.25) is 0 Å². The number of carbonyl (C=O) groups excluding carboxylic acids is 1. The SMILES string of the molecule is CCCNc1ccc(C#N)cc1NC(=O)c1n[nH]c2c1CCC2. The van der Waals surface area contributed by atoms with Crippen molar-refractivity contribution in [3.63, 3.8) is 0 Å². The van der Waals surface area contributed by atoms with Crippen LogP contribution in [-0.2, 0) is 12.8 Å². The van der Waals surface area contributed by atoms with Crippen LogP contribution in [0, 0.1) is 11.3 Å². The summed E-state index contributed by atoms with van der Waals surface area (Å²) >= 11 is 0. The number of aromatic amines is 1. The number of aryl methyl sites for hydroxylation is 1. The number of hydrogen-bond donors (Lipinski definition) is 3. The lowest BCUT2D eigenvalue weighted by Crippen LogP contribution is -2.16. The second kappa shape index (κ2) is 6.53. The number of benzene rings is 1. The van der Waals surface area contributed by atoms with Crippen molar-refractivity contribution in [3.05, 3.63) is 40.7 Å². The number of aromatic nitrogens is 2. The van der Waals surface area contributed by atoms with E-state index in [1.165, 1.54) is 0 Å². The summed E-state index contributed by atoms with van der Waals surface area (Å²) in [6.07, 6.45) is 3.86. The Labute approximate surface area is 134 Å². The summed E-state index contributed by atoms with van der Waals surface area (Å²) in [5.41, 5.74) is 4.46. The van der Waals surface area contributed by atoms with E-state index in [9.17, 15) is 4.79 Å². The quantitative estimate of drug-likeness (QED) is 0.791. The average Bonchev–Trinajstić information content (AvgIpc) is 3.16. The fraction of sp³-hybridized carbons (Fsp3) is 0.353. The summed E-state index contributed by atoms with van der Waals surface area (Å²) in [6.45, 7) is 2.87. The van der Waals surface area contributed by atoms with E-state index in [4.69, 9.17) is 5.26 Å².